The fraction of sp³-hybridized carbons (Fsp3) is 0.381. The molecule has 2 N–H and O–H groups in total. The quantitative estimate of drug-likeness (QED) is 0.788. The summed E-state index contributed by atoms with van der Waals surface area (Å²) in [6, 6.07) is 17.8. The van der Waals surface area contributed by atoms with Gasteiger partial charge in [0.1, 0.15) is 0 Å². The van der Waals surface area contributed by atoms with E-state index in [-0.39, 0.29) is 12.1 Å². The van der Waals surface area contributed by atoms with Gasteiger partial charge < -0.3 is 20.1 Å². The smallest absolute Gasteiger partial charge is 0.319 e. The van der Waals surface area contributed by atoms with Crippen LogP contribution in [0.25, 0.3) is 0 Å². The van der Waals surface area contributed by atoms with Crippen molar-refractivity contribution in [3.63, 3.8) is 0 Å². The molecule has 0 saturated carbocycles. The lowest BCUT2D eigenvalue weighted by atomic mass is 10.2. The minimum absolute atomic E-state index is 0.00645. The monoisotopic (exact) mass is 369 g/mol. The predicted molar refractivity (Wildman–Crippen MR) is 106 cm³/mol. The standard InChI is InChI=1S/C21H27N3O3/c1-26-16-18-8-5-9-19(12-18)23-21(25)22-13-20-15-24(10-11-27-20)14-17-6-3-2-4-7-17/h2-9,12,20H,10-11,13-16H2,1H3,(H2,22,23,25). The summed E-state index contributed by atoms with van der Waals surface area (Å²) in [5.41, 5.74) is 3.06. The summed E-state index contributed by atoms with van der Waals surface area (Å²) in [7, 11) is 1.65. The van der Waals surface area contributed by atoms with Crippen LogP contribution in [0.4, 0.5) is 10.5 Å². The first kappa shape index (κ1) is 19.4. The van der Waals surface area contributed by atoms with Gasteiger partial charge >= 0.3 is 6.03 Å². The number of hydrogen-bond acceptors (Lipinski definition) is 4. The maximum absolute atomic E-state index is 12.2. The number of rotatable bonds is 7. The highest BCUT2D eigenvalue weighted by molar-refractivity contribution is 5.89. The largest absolute Gasteiger partial charge is 0.380 e. The number of carbonyl (C=O) groups is 1. The Morgan fingerprint density at radius 2 is 2.00 bits per heavy atom. The summed E-state index contributed by atoms with van der Waals surface area (Å²) >= 11 is 0. The van der Waals surface area contributed by atoms with E-state index in [9.17, 15) is 4.79 Å². The van der Waals surface area contributed by atoms with Gasteiger partial charge in [0, 0.05) is 39.0 Å². The summed E-state index contributed by atoms with van der Waals surface area (Å²) in [5, 5.41) is 5.76. The number of ether oxygens (including phenoxy) is 2. The van der Waals surface area contributed by atoms with E-state index in [2.05, 4.69) is 39.8 Å². The van der Waals surface area contributed by atoms with Crippen LogP contribution in [0.2, 0.25) is 0 Å². The zero-order chi connectivity index (χ0) is 18.9. The Hall–Kier alpha value is -2.41. The molecule has 2 aromatic rings. The molecule has 1 saturated heterocycles. The van der Waals surface area contributed by atoms with Crippen molar-refractivity contribution in [1.29, 1.82) is 0 Å². The van der Waals surface area contributed by atoms with Gasteiger partial charge in [-0.3, -0.25) is 4.90 Å². The normalized spacial score (nSPS) is 17.4. The van der Waals surface area contributed by atoms with E-state index in [0.29, 0.717) is 19.8 Å². The number of anilines is 1. The van der Waals surface area contributed by atoms with Gasteiger partial charge in [0.25, 0.3) is 0 Å². The summed E-state index contributed by atoms with van der Waals surface area (Å²) in [5.74, 6) is 0. The highest BCUT2D eigenvalue weighted by atomic mass is 16.5. The Morgan fingerprint density at radius 3 is 2.81 bits per heavy atom. The Balaban J connectivity index is 1.43. The average Bonchev–Trinajstić information content (AvgIpc) is 2.68. The summed E-state index contributed by atoms with van der Waals surface area (Å²) in [6.07, 6.45) is -0.00645. The van der Waals surface area contributed by atoms with Crippen LogP contribution in [-0.2, 0) is 22.6 Å². The molecule has 0 radical (unpaired) electrons. The first-order valence-corrected chi connectivity index (χ1v) is 9.23. The summed E-state index contributed by atoms with van der Waals surface area (Å²) in [6.45, 7) is 4.29. The van der Waals surface area contributed by atoms with E-state index in [1.54, 1.807) is 7.11 Å². The fourth-order valence-corrected chi connectivity index (χ4v) is 3.18. The van der Waals surface area contributed by atoms with Crippen molar-refractivity contribution in [3.8, 4) is 0 Å². The van der Waals surface area contributed by atoms with E-state index in [1.165, 1.54) is 5.56 Å². The number of amides is 2. The van der Waals surface area contributed by atoms with Crippen molar-refractivity contribution in [2.45, 2.75) is 19.3 Å². The molecule has 0 aromatic heterocycles. The second-order valence-electron chi connectivity index (χ2n) is 6.68. The molecule has 1 aliphatic heterocycles. The average molecular weight is 369 g/mol. The van der Waals surface area contributed by atoms with Gasteiger partial charge in [-0.15, -0.1) is 0 Å². The van der Waals surface area contributed by atoms with Crippen molar-refractivity contribution in [2.24, 2.45) is 0 Å². The maximum Gasteiger partial charge on any atom is 0.319 e. The Bertz CT molecular complexity index is 724. The predicted octanol–water partition coefficient (Wildman–Crippen LogP) is 2.86. The maximum atomic E-state index is 12.2. The van der Waals surface area contributed by atoms with E-state index >= 15 is 0 Å². The van der Waals surface area contributed by atoms with Crippen LogP contribution < -0.4 is 10.6 Å². The zero-order valence-corrected chi connectivity index (χ0v) is 15.7. The lowest BCUT2D eigenvalue weighted by molar-refractivity contribution is -0.0285. The molecule has 0 bridgehead atoms. The number of carbonyl (C=O) groups excluding carboxylic acids is 1. The van der Waals surface area contributed by atoms with Crippen LogP contribution in [-0.4, -0.2) is 50.4 Å². The Morgan fingerprint density at radius 1 is 1.19 bits per heavy atom. The molecule has 2 aromatic carbocycles. The lowest BCUT2D eigenvalue weighted by Crippen LogP contribution is -2.47. The lowest BCUT2D eigenvalue weighted by Gasteiger charge is -2.33. The minimum Gasteiger partial charge on any atom is -0.380 e. The molecule has 1 fully saturated rings. The van der Waals surface area contributed by atoms with E-state index in [4.69, 9.17) is 9.47 Å². The van der Waals surface area contributed by atoms with E-state index < -0.39 is 0 Å². The molecular weight excluding hydrogens is 342 g/mol. The Labute approximate surface area is 160 Å². The molecular formula is C21H27N3O3. The highest BCUT2D eigenvalue weighted by Gasteiger charge is 2.21. The molecule has 1 aliphatic rings. The molecule has 0 aliphatic carbocycles. The molecule has 1 heterocycles. The van der Waals surface area contributed by atoms with Crippen molar-refractivity contribution in [1.82, 2.24) is 10.2 Å². The second-order valence-corrected chi connectivity index (χ2v) is 6.68. The molecule has 2 amide bonds. The number of benzene rings is 2. The van der Waals surface area contributed by atoms with Gasteiger partial charge in [-0.05, 0) is 23.3 Å². The SMILES string of the molecule is COCc1cccc(NC(=O)NCC2CN(Cc3ccccc3)CCO2)c1. The Kier molecular flexibility index (Phi) is 7.21. The molecule has 1 unspecified atom stereocenters. The van der Waals surface area contributed by atoms with Crippen molar-refractivity contribution >= 4 is 11.7 Å². The van der Waals surface area contributed by atoms with Crippen molar-refractivity contribution < 1.29 is 14.3 Å². The van der Waals surface area contributed by atoms with Gasteiger partial charge in [-0.25, -0.2) is 4.79 Å². The van der Waals surface area contributed by atoms with Crippen molar-refractivity contribution in [3.05, 3.63) is 65.7 Å². The van der Waals surface area contributed by atoms with E-state index in [0.717, 1.165) is 30.9 Å². The second kappa shape index (κ2) is 10.1. The third-order valence-corrected chi connectivity index (χ3v) is 4.46. The summed E-state index contributed by atoms with van der Waals surface area (Å²) < 4.78 is 10.9. The fourth-order valence-electron chi connectivity index (χ4n) is 3.18. The third kappa shape index (κ3) is 6.36. The van der Waals surface area contributed by atoms with Gasteiger partial charge in [0.2, 0.25) is 0 Å². The number of hydrogen-bond donors (Lipinski definition) is 2. The molecule has 27 heavy (non-hydrogen) atoms. The van der Waals surface area contributed by atoms with Gasteiger partial charge in [-0.1, -0.05) is 42.5 Å². The highest BCUT2D eigenvalue weighted by Crippen LogP contribution is 2.12. The van der Waals surface area contributed by atoms with Gasteiger partial charge in [0.15, 0.2) is 0 Å². The first-order chi connectivity index (χ1) is 13.2. The zero-order valence-electron chi connectivity index (χ0n) is 15.7. The van der Waals surface area contributed by atoms with Crippen LogP contribution >= 0.6 is 0 Å². The van der Waals surface area contributed by atoms with Crippen LogP contribution in [0.15, 0.2) is 54.6 Å². The topological polar surface area (TPSA) is 62.8 Å². The number of morpholine rings is 1. The molecule has 6 nitrogen and oxygen atoms in total. The number of nitrogens with zero attached hydrogens (tertiary/aromatic N) is 1. The molecule has 144 valence electrons. The van der Waals surface area contributed by atoms with Crippen LogP contribution in [0, 0.1) is 0 Å². The summed E-state index contributed by atoms with van der Waals surface area (Å²) in [4.78, 5) is 14.5. The minimum atomic E-state index is -0.228. The molecule has 3 rings (SSSR count). The molecule has 6 heteroatoms. The molecule has 0 spiro atoms. The number of methoxy groups -OCH3 is 1. The van der Waals surface area contributed by atoms with Crippen LogP contribution in [0.3, 0.4) is 0 Å². The van der Waals surface area contributed by atoms with Crippen molar-refractivity contribution in [2.75, 3.05) is 38.7 Å². The van der Waals surface area contributed by atoms with Crippen LogP contribution in [0.1, 0.15) is 11.1 Å². The number of urea groups is 1. The number of nitrogens with one attached hydrogen (secondary N) is 2. The van der Waals surface area contributed by atoms with Crippen LogP contribution in [0.5, 0.6) is 0 Å². The van der Waals surface area contributed by atoms with E-state index in [1.807, 2.05) is 30.3 Å². The van der Waals surface area contributed by atoms with Gasteiger partial charge in [0.05, 0.1) is 19.3 Å². The molecule has 1 atom stereocenters. The third-order valence-electron chi connectivity index (χ3n) is 4.46. The first-order valence-electron chi connectivity index (χ1n) is 9.23. The van der Waals surface area contributed by atoms with Gasteiger partial charge in [-0.2, -0.15) is 0 Å².